The van der Waals surface area contributed by atoms with Crippen LogP contribution in [-0.4, -0.2) is 47.9 Å². The second kappa shape index (κ2) is 7.82. The predicted molar refractivity (Wildman–Crippen MR) is 103 cm³/mol. The quantitative estimate of drug-likeness (QED) is 0.839. The van der Waals surface area contributed by atoms with Crippen molar-refractivity contribution in [1.82, 2.24) is 15.2 Å². The van der Waals surface area contributed by atoms with Gasteiger partial charge in [0.2, 0.25) is 5.91 Å². The van der Waals surface area contributed by atoms with Crippen LogP contribution in [0.2, 0.25) is 0 Å². The topological polar surface area (TPSA) is 87.5 Å². The number of thiazole rings is 1. The number of nitrogens with one attached hydrogen (secondary N) is 2. The highest BCUT2D eigenvalue weighted by Gasteiger charge is 2.31. The van der Waals surface area contributed by atoms with Crippen LogP contribution in [0.5, 0.6) is 0 Å². The Bertz CT molecular complexity index is 817. The monoisotopic (exact) mass is 388 g/mol. The lowest BCUT2D eigenvalue weighted by molar-refractivity contribution is -0.130. The molecule has 27 heavy (non-hydrogen) atoms. The molecule has 144 valence electrons. The van der Waals surface area contributed by atoms with E-state index >= 15 is 0 Å². The number of hydrogen-bond acceptors (Lipinski definition) is 6. The van der Waals surface area contributed by atoms with Gasteiger partial charge in [0, 0.05) is 18.5 Å². The van der Waals surface area contributed by atoms with Gasteiger partial charge in [0.1, 0.15) is 5.76 Å². The molecule has 4 heterocycles. The van der Waals surface area contributed by atoms with E-state index in [4.69, 9.17) is 4.42 Å². The third kappa shape index (κ3) is 4.06. The maximum absolute atomic E-state index is 12.7. The summed E-state index contributed by atoms with van der Waals surface area (Å²) in [4.78, 5) is 31.3. The molecule has 2 aliphatic rings. The summed E-state index contributed by atoms with van der Waals surface area (Å²) < 4.78 is 5.15. The number of amides is 2. The van der Waals surface area contributed by atoms with Crippen molar-refractivity contribution in [2.45, 2.75) is 26.2 Å². The van der Waals surface area contributed by atoms with Crippen LogP contribution in [0.15, 0.2) is 22.1 Å². The van der Waals surface area contributed by atoms with E-state index in [9.17, 15) is 9.59 Å². The van der Waals surface area contributed by atoms with E-state index in [1.54, 1.807) is 13.0 Å². The van der Waals surface area contributed by atoms with E-state index in [-0.39, 0.29) is 18.2 Å². The van der Waals surface area contributed by atoms with E-state index in [2.05, 4.69) is 15.6 Å². The second-order valence-electron chi connectivity index (χ2n) is 7.30. The molecular weight excluding hydrogens is 364 g/mol. The largest absolute Gasteiger partial charge is 0.469 e. The minimum atomic E-state index is -0.249. The minimum Gasteiger partial charge on any atom is -0.469 e. The maximum Gasteiger partial charge on any atom is 0.260 e. The van der Waals surface area contributed by atoms with Gasteiger partial charge < -0.3 is 14.6 Å². The molecular formula is C19H24N4O3S. The molecule has 0 unspecified atom stereocenters. The van der Waals surface area contributed by atoms with Crippen LogP contribution in [-0.2, 0) is 11.2 Å². The lowest BCUT2D eigenvalue weighted by Gasteiger charge is -2.20. The predicted octanol–water partition coefficient (Wildman–Crippen LogP) is 2.30. The summed E-state index contributed by atoms with van der Waals surface area (Å²) in [5.74, 6) is 1.85. The summed E-state index contributed by atoms with van der Waals surface area (Å²) in [7, 11) is 0. The van der Waals surface area contributed by atoms with Crippen molar-refractivity contribution in [2.75, 3.05) is 31.5 Å². The molecule has 2 aliphatic heterocycles. The number of rotatable bonds is 4. The van der Waals surface area contributed by atoms with Gasteiger partial charge >= 0.3 is 0 Å². The van der Waals surface area contributed by atoms with Gasteiger partial charge in [-0.3, -0.25) is 14.9 Å². The zero-order valence-electron chi connectivity index (χ0n) is 15.4. The summed E-state index contributed by atoms with van der Waals surface area (Å²) in [5.41, 5.74) is 1.20. The van der Waals surface area contributed by atoms with E-state index < -0.39 is 0 Å². The molecule has 4 rings (SSSR count). The molecule has 2 N–H and O–H groups in total. The van der Waals surface area contributed by atoms with Gasteiger partial charge in [0.25, 0.3) is 5.91 Å². The van der Waals surface area contributed by atoms with Gasteiger partial charge in [0.05, 0.1) is 23.9 Å². The number of nitrogens with zero attached hydrogens (tertiary/aromatic N) is 2. The second-order valence-corrected chi connectivity index (χ2v) is 8.16. The first kappa shape index (κ1) is 18.2. The lowest BCUT2D eigenvalue weighted by atomic mass is 9.92. The van der Waals surface area contributed by atoms with Gasteiger partial charge in [-0.15, -0.1) is 11.3 Å². The molecule has 0 aliphatic carbocycles. The number of fused-ring (bicyclic) bond motifs is 1. The molecule has 2 amide bonds. The number of hydrogen-bond donors (Lipinski definition) is 2. The van der Waals surface area contributed by atoms with E-state index in [0.717, 1.165) is 39.0 Å². The highest BCUT2D eigenvalue weighted by atomic mass is 32.1. The fourth-order valence-corrected chi connectivity index (χ4v) is 4.67. The van der Waals surface area contributed by atoms with Gasteiger partial charge in [-0.05, 0) is 50.8 Å². The average molecular weight is 388 g/mol. The van der Waals surface area contributed by atoms with E-state index in [1.807, 2.05) is 10.3 Å². The minimum absolute atomic E-state index is 0.122. The maximum atomic E-state index is 12.7. The molecule has 0 saturated carbocycles. The Morgan fingerprint density at radius 1 is 1.33 bits per heavy atom. The molecule has 2 aromatic heterocycles. The normalized spacial score (nSPS) is 22.3. The summed E-state index contributed by atoms with van der Waals surface area (Å²) in [5, 5.41) is 8.57. The first-order valence-corrected chi connectivity index (χ1v) is 10.3. The van der Waals surface area contributed by atoms with Crippen LogP contribution in [0.25, 0.3) is 0 Å². The molecule has 8 heteroatoms. The van der Waals surface area contributed by atoms with Crippen LogP contribution in [0, 0.1) is 18.8 Å². The first-order chi connectivity index (χ1) is 13.1. The highest BCUT2D eigenvalue weighted by Crippen LogP contribution is 2.27. The van der Waals surface area contributed by atoms with Crippen molar-refractivity contribution in [3.05, 3.63) is 34.7 Å². The Balaban J connectivity index is 1.33. The highest BCUT2D eigenvalue weighted by molar-refractivity contribution is 7.14. The molecule has 7 nitrogen and oxygen atoms in total. The third-order valence-electron chi connectivity index (χ3n) is 5.58. The molecule has 0 spiro atoms. The fourth-order valence-electron chi connectivity index (χ4n) is 3.96. The van der Waals surface area contributed by atoms with Gasteiger partial charge in [-0.25, -0.2) is 4.98 Å². The fraction of sp³-hybridized carbons (Fsp3) is 0.526. The van der Waals surface area contributed by atoms with E-state index in [1.165, 1.54) is 17.6 Å². The van der Waals surface area contributed by atoms with Crippen LogP contribution in [0.1, 0.15) is 34.7 Å². The zero-order chi connectivity index (χ0) is 18.8. The Kier molecular flexibility index (Phi) is 5.27. The van der Waals surface area contributed by atoms with Gasteiger partial charge in [0.15, 0.2) is 5.13 Å². The van der Waals surface area contributed by atoms with Crippen molar-refractivity contribution in [1.29, 1.82) is 0 Å². The number of carbonyl (C=O) groups is 2. The van der Waals surface area contributed by atoms with Gasteiger partial charge in [-0.1, -0.05) is 0 Å². The molecule has 0 aromatic carbocycles. The van der Waals surface area contributed by atoms with Crippen molar-refractivity contribution in [2.24, 2.45) is 11.8 Å². The van der Waals surface area contributed by atoms with Crippen LogP contribution in [0.4, 0.5) is 5.13 Å². The number of furan rings is 1. The summed E-state index contributed by atoms with van der Waals surface area (Å²) in [6.07, 6.45) is 3.92. The van der Waals surface area contributed by atoms with E-state index in [0.29, 0.717) is 34.0 Å². The Labute approximate surface area is 162 Å². The third-order valence-corrected chi connectivity index (χ3v) is 6.39. The lowest BCUT2D eigenvalue weighted by Crippen LogP contribution is -2.34. The molecule has 2 fully saturated rings. The number of aromatic nitrogens is 1. The van der Waals surface area contributed by atoms with Crippen molar-refractivity contribution < 1.29 is 14.0 Å². The van der Waals surface area contributed by atoms with Crippen molar-refractivity contribution in [3.63, 3.8) is 0 Å². The van der Waals surface area contributed by atoms with Crippen molar-refractivity contribution >= 4 is 28.3 Å². The number of anilines is 1. The van der Waals surface area contributed by atoms with Gasteiger partial charge in [-0.2, -0.15) is 0 Å². The summed E-state index contributed by atoms with van der Waals surface area (Å²) >= 11 is 1.33. The molecule has 0 radical (unpaired) electrons. The first-order valence-electron chi connectivity index (χ1n) is 9.38. The SMILES string of the molecule is Cc1occc1C(=O)Nc1nc(CC(=O)N2CC[C@@H]3CNC[C@@H]3CC2)cs1. The Morgan fingerprint density at radius 2 is 2.07 bits per heavy atom. The Morgan fingerprint density at radius 3 is 2.74 bits per heavy atom. The standard InChI is InChI=1S/C19H24N4O3S/c1-12-16(4-7-26-12)18(25)22-19-21-15(11-27-19)8-17(24)23-5-2-13-9-20-10-14(13)3-6-23/h4,7,11,13-14,20H,2-3,5-6,8-10H2,1H3,(H,21,22,25)/t13-,14+. The molecule has 0 bridgehead atoms. The smallest absolute Gasteiger partial charge is 0.260 e. The zero-order valence-corrected chi connectivity index (χ0v) is 16.2. The number of aryl methyl sites for hydroxylation is 1. The molecule has 2 aromatic rings. The average Bonchev–Trinajstić information content (AvgIpc) is 3.35. The Hall–Kier alpha value is -2.19. The molecule has 2 atom stereocenters. The number of carbonyl (C=O) groups excluding carboxylic acids is 2. The summed E-state index contributed by atoms with van der Waals surface area (Å²) in [6.45, 7) is 5.56. The van der Waals surface area contributed by atoms with Crippen LogP contribution >= 0.6 is 11.3 Å². The number of likely N-dealkylation sites (tertiary alicyclic amines) is 1. The van der Waals surface area contributed by atoms with Crippen LogP contribution < -0.4 is 10.6 Å². The molecule has 2 saturated heterocycles. The van der Waals surface area contributed by atoms with Crippen molar-refractivity contribution in [3.8, 4) is 0 Å². The van der Waals surface area contributed by atoms with Crippen LogP contribution in [0.3, 0.4) is 0 Å². The summed E-state index contributed by atoms with van der Waals surface area (Å²) in [6, 6.07) is 1.63.